The van der Waals surface area contributed by atoms with E-state index >= 15 is 0 Å². The quantitative estimate of drug-likeness (QED) is 0.671. The number of aromatic nitrogens is 2. The van der Waals surface area contributed by atoms with Crippen molar-refractivity contribution >= 4 is 17.7 Å². The van der Waals surface area contributed by atoms with Crippen molar-refractivity contribution in [1.82, 2.24) is 14.5 Å². The van der Waals surface area contributed by atoms with Crippen LogP contribution in [0.15, 0.2) is 66.0 Å². The highest BCUT2D eigenvalue weighted by molar-refractivity contribution is 7.98. The number of carbonyl (C=O) groups excluding carboxylic acids is 1. The molecule has 1 aliphatic heterocycles. The second-order valence-corrected chi connectivity index (χ2v) is 7.73. The highest BCUT2D eigenvalue weighted by Crippen LogP contribution is 2.30. The van der Waals surface area contributed by atoms with Crippen LogP contribution in [-0.4, -0.2) is 44.8 Å². The van der Waals surface area contributed by atoms with Crippen molar-refractivity contribution in [3.8, 4) is 11.4 Å². The van der Waals surface area contributed by atoms with Gasteiger partial charge in [-0.05, 0) is 54.8 Å². The first kappa shape index (κ1) is 18.6. The van der Waals surface area contributed by atoms with E-state index in [4.69, 9.17) is 0 Å². The van der Waals surface area contributed by atoms with Crippen molar-refractivity contribution < 1.29 is 9.90 Å². The number of rotatable bonds is 4. The molecule has 0 atom stereocenters. The lowest BCUT2D eigenvalue weighted by atomic mass is 9.89. The molecule has 2 heterocycles. The summed E-state index contributed by atoms with van der Waals surface area (Å²) in [4.78, 5) is 19.6. The van der Waals surface area contributed by atoms with Gasteiger partial charge in [-0.3, -0.25) is 9.36 Å². The van der Waals surface area contributed by atoms with E-state index in [1.165, 1.54) is 17.3 Å². The predicted octanol–water partition coefficient (Wildman–Crippen LogP) is 4.32. The molecule has 1 aromatic heterocycles. The minimum Gasteiger partial charge on any atom is -0.508 e. The summed E-state index contributed by atoms with van der Waals surface area (Å²) in [6.45, 7) is 1.44. The van der Waals surface area contributed by atoms with Gasteiger partial charge < -0.3 is 10.0 Å². The summed E-state index contributed by atoms with van der Waals surface area (Å²) in [6, 6.07) is 17.3. The van der Waals surface area contributed by atoms with E-state index in [9.17, 15) is 9.90 Å². The lowest BCUT2D eigenvalue weighted by Gasteiger charge is -2.32. The predicted molar refractivity (Wildman–Crippen MR) is 111 cm³/mol. The maximum atomic E-state index is 13.2. The van der Waals surface area contributed by atoms with Gasteiger partial charge in [-0.1, -0.05) is 42.1 Å². The van der Waals surface area contributed by atoms with E-state index in [-0.39, 0.29) is 11.7 Å². The number of phenolic OH excluding ortho intramolecular Hbond substituents is 1. The molecule has 2 aromatic carbocycles. The van der Waals surface area contributed by atoms with Crippen LogP contribution in [0.5, 0.6) is 5.75 Å². The van der Waals surface area contributed by atoms with Crippen molar-refractivity contribution in [2.45, 2.75) is 23.9 Å². The molecule has 1 fully saturated rings. The fourth-order valence-corrected chi connectivity index (χ4v) is 4.33. The van der Waals surface area contributed by atoms with Gasteiger partial charge in [0.2, 0.25) is 0 Å². The van der Waals surface area contributed by atoms with E-state index in [0.29, 0.717) is 11.6 Å². The summed E-state index contributed by atoms with van der Waals surface area (Å²) in [5, 5.41) is 10.3. The SMILES string of the molecule is CSc1ncc(C(=O)N2CCC(c3ccc(O)cc3)CC2)n1-c1ccccc1. The maximum absolute atomic E-state index is 13.2. The highest BCUT2D eigenvalue weighted by atomic mass is 32.2. The topological polar surface area (TPSA) is 58.4 Å². The molecule has 1 saturated heterocycles. The molecule has 1 N–H and O–H groups in total. The number of carbonyl (C=O) groups is 1. The molecule has 1 aliphatic rings. The number of likely N-dealkylation sites (tertiary alicyclic amines) is 1. The zero-order valence-corrected chi connectivity index (χ0v) is 16.6. The smallest absolute Gasteiger partial charge is 0.272 e. The van der Waals surface area contributed by atoms with Crippen LogP contribution in [-0.2, 0) is 0 Å². The maximum Gasteiger partial charge on any atom is 0.272 e. The number of hydrogen-bond donors (Lipinski definition) is 1. The molecular weight excluding hydrogens is 370 g/mol. The number of aromatic hydroxyl groups is 1. The summed E-state index contributed by atoms with van der Waals surface area (Å²) >= 11 is 1.53. The van der Waals surface area contributed by atoms with E-state index in [0.717, 1.165) is 36.8 Å². The number of piperidine rings is 1. The molecule has 0 radical (unpaired) electrons. The lowest BCUT2D eigenvalue weighted by molar-refractivity contribution is 0.0704. The number of para-hydroxylation sites is 1. The van der Waals surface area contributed by atoms with Gasteiger partial charge >= 0.3 is 0 Å². The molecule has 3 aromatic rings. The van der Waals surface area contributed by atoms with Gasteiger partial charge in [-0.2, -0.15) is 0 Å². The highest BCUT2D eigenvalue weighted by Gasteiger charge is 2.27. The number of phenols is 1. The van der Waals surface area contributed by atoms with E-state index in [2.05, 4.69) is 4.98 Å². The fraction of sp³-hybridized carbons (Fsp3) is 0.273. The Hall–Kier alpha value is -2.73. The average molecular weight is 394 g/mol. The fourth-order valence-electron chi connectivity index (χ4n) is 3.78. The molecule has 0 aliphatic carbocycles. The molecule has 1 amide bonds. The van der Waals surface area contributed by atoms with Crippen LogP contribution in [0.4, 0.5) is 0 Å². The van der Waals surface area contributed by atoms with Gasteiger partial charge in [-0.15, -0.1) is 0 Å². The van der Waals surface area contributed by atoms with Crippen LogP contribution >= 0.6 is 11.8 Å². The number of thioether (sulfide) groups is 1. The van der Waals surface area contributed by atoms with Crippen LogP contribution in [0.2, 0.25) is 0 Å². The minimum atomic E-state index is 0.0285. The van der Waals surface area contributed by atoms with E-state index in [1.807, 2.05) is 58.2 Å². The molecule has 6 heteroatoms. The molecular formula is C22H23N3O2S. The van der Waals surface area contributed by atoms with E-state index < -0.39 is 0 Å². The average Bonchev–Trinajstić information content (AvgIpc) is 3.19. The third-order valence-corrected chi connectivity index (χ3v) is 5.95. The first-order valence-electron chi connectivity index (χ1n) is 9.42. The number of imidazole rings is 1. The Morgan fingerprint density at radius 1 is 1.07 bits per heavy atom. The van der Waals surface area contributed by atoms with Gasteiger partial charge in [-0.25, -0.2) is 4.98 Å². The van der Waals surface area contributed by atoms with Crippen molar-refractivity contribution in [2.24, 2.45) is 0 Å². The molecule has 0 unspecified atom stereocenters. The number of amides is 1. The Balaban J connectivity index is 1.52. The van der Waals surface area contributed by atoms with Crippen molar-refractivity contribution in [1.29, 1.82) is 0 Å². The van der Waals surface area contributed by atoms with Crippen molar-refractivity contribution in [3.05, 3.63) is 72.1 Å². The van der Waals surface area contributed by atoms with Gasteiger partial charge in [0.05, 0.1) is 6.20 Å². The summed E-state index contributed by atoms with van der Waals surface area (Å²) in [5.74, 6) is 0.737. The Morgan fingerprint density at radius 2 is 1.75 bits per heavy atom. The third kappa shape index (κ3) is 3.64. The molecule has 28 heavy (non-hydrogen) atoms. The lowest BCUT2D eigenvalue weighted by Crippen LogP contribution is -2.38. The second kappa shape index (κ2) is 8.10. The van der Waals surface area contributed by atoms with Crippen LogP contribution in [0.3, 0.4) is 0 Å². The molecule has 0 bridgehead atoms. The number of hydrogen-bond acceptors (Lipinski definition) is 4. The Kier molecular flexibility index (Phi) is 5.39. The third-order valence-electron chi connectivity index (χ3n) is 5.29. The molecule has 0 saturated carbocycles. The molecule has 0 spiro atoms. The zero-order chi connectivity index (χ0) is 19.5. The molecule has 144 valence electrons. The van der Waals surface area contributed by atoms with Crippen molar-refractivity contribution in [3.63, 3.8) is 0 Å². The Labute approximate surface area is 169 Å². The van der Waals surface area contributed by atoms with Crippen LogP contribution < -0.4 is 0 Å². The van der Waals surface area contributed by atoms with Crippen LogP contribution in [0.1, 0.15) is 34.8 Å². The van der Waals surface area contributed by atoms with Gasteiger partial charge in [0.25, 0.3) is 5.91 Å². The number of nitrogens with zero attached hydrogens (tertiary/aromatic N) is 3. The standard InChI is InChI=1S/C22H23N3O2S/c1-28-22-23-15-20(25(22)18-5-3-2-4-6-18)21(27)24-13-11-17(12-14-24)16-7-9-19(26)10-8-16/h2-10,15,17,26H,11-14H2,1H3. The number of benzene rings is 2. The first-order valence-corrected chi connectivity index (χ1v) is 10.6. The zero-order valence-electron chi connectivity index (χ0n) is 15.8. The van der Waals surface area contributed by atoms with E-state index in [1.54, 1.807) is 18.3 Å². The first-order chi connectivity index (χ1) is 13.7. The van der Waals surface area contributed by atoms with Crippen LogP contribution in [0.25, 0.3) is 5.69 Å². The second-order valence-electron chi connectivity index (χ2n) is 6.96. The summed E-state index contributed by atoms with van der Waals surface area (Å²) in [7, 11) is 0. The van der Waals surface area contributed by atoms with Crippen molar-refractivity contribution in [2.75, 3.05) is 19.3 Å². The monoisotopic (exact) mass is 393 g/mol. The molecule has 5 nitrogen and oxygen atoms in total. The Morgan fingerprint density at radius 3 is 2.39 bits per heavy atom. The largest absolute Gasteiger partial charge is 0.508 e. The Bertz CT molecular complexity index is 946. The van der Waals surface area contributed by atoms with Gasteiger partial charge in [0.1, 0.15) is 11.4 Å². The van der Waals surface area contributed by atoms with Crippen LogP contribution in [0, 0.1) is 0 Å². The van der Waals surface area contributed by atoms with Gasteiger partial charge in [0.15, 0.2) is 5.16 Å². The minimum absolute atomic E-state index is 0.0285. The summed E-state index contributed by atoms with van der Waals surface area (Å²) < 4.78 is 1.94. The molecule has 4 rings (SSSR count). The summed E-state index contributed by atoms with van der Waals surface area (Å²) in [5.41, 5.74) is 2.79. The summed E-state index contributed by atoms with van der Waals surface area (Å²) in [6.07, 6.45) is 5.50. The normalized spacial score (nSPS) is 15.0. The van der Waals surface area contributed by atoms with Gasteiger partial charge in [0, 0.05) is 18.8 Å².